The van der Waals surface area contributed by atoms with Crippen molar-refractivity contribution in [2.45, 2.75) is 26.7 Å². The van der Waals surface area contributed by atoms with Crippen LogP contribution in [0.3, 0.4) is 0 Å². The summed E-state index contributed by atoms with van der Waals surface area (Å²) in [5.41, 5.74) is 4.08. The molecule has 0 spiro atoms. The normalized spacial score (nSPS) is 16.5. The Morgan fingerprint density at radius 2 is 2.33 bits per heavy atom. The summed E-state index contributed by atoms with van der Waals surface area (Å²) >= 11 is 0. The highest BCUT2D eigenvalue weighted by Crippen LogP contribution is 2.30. The topological polar surface area (TPSA) is 54.6 Å². The van der Waals surface area contributed by atoms with E-state index < -0.39 is 0 Å². The number of hydrogen-bond acceptors (Lipinski definition) is 3. The molecule has 2 rings (SSSR count). The summed E-state index contributed by atoms with van der Waals surface area (Å²) in [5.74, 6) is 0.990. The second-order valence-corrected chi connectivity index (χ2v) is 3.86. The van der Waals surface area contributed by atoms with Crippen LogP contribution in [0, 0.1) is 12.8 Å². The maximum Gasteiger partial charge on any atom is 0.274 e. The quantitative estimate of drug-likeness (QED) is 0.608. The van der Waals surface area contributed by atoms with Gasteiger partial charge < -0.3 is 4.42 Å². The Labute approximate surface area is 88.4 Å². The molecule has 1 fully saturated rings. The molecule has 4 nitrogen and oxygen atoms in total. The minimum absolute atomic E-state index is 0.207. The van der Waals surface area contributed by atoms with Gasteiger partial charge in [-0.1, -0.05) is 0 Å². The summed E-state index contributed by atoms with van der Waals surface area (Å²) in [6.45, 7) is 3.70. The Hall–Kier alpha value is -1.58. The Bertz CT molecular complexity index is 402. The SMILES string of the molecule is CC(=NNC(=O)c1ccoc1C)C1CC1. The van der Waals surface area contributed by atoms with Crippen molar-refractivity contribution in [1.82, 2.24) is 5.43 Å². The maximum atomic E-state index is 11.6. The van der Waals surface area contributed by atoms with Crippen molar-refractivity contribution in [3.63, 3.8) is 0 Å². The van der Waals surface area contributed by atoms with Crippen molar-refractivity contribution in [3.05, 3.63) is 23.7 Å². The molecule has 1 aliphatic carbocycles. The molecule has 1 N–H and O–H groups in total. The smallest absolute Gasteiger partial charge is 0.274 e. The first kappa shape index (κ1) is 9.96. The number of nitrogens with one attached hydrogen (secondary N) is 1. The number of rotatable bonds is 3. The van der Waals surface area contributed by atoms with Crippen molar-refractivity contribution in [3.8, 4) is 0 Å². The van der Waals surface area contributed by atoms with Crippen LogP contribution in [0.2, 0.25) is 0 Å². The molecule has 0 saturated heterocycles. The van der Waals surface area contributed by atoms with Gasteiger partial charge in [-0.05, 0) is 38.7 Å². The van der Waals surface area contributed by atoms with E-state index in [9.17, 15) is 4.79 Å². The molecule has 80 valence electrons. The maximum absolute atomic E-state index is 11.6. The van der Waals surface area contributed by atoms with Gasteiger partial charge in [-0.25, -0.2) is 5.43 Å². The van der Waals surface area contributed by atoms with Crippen LogP contribution in [0.1, 0.15) is 35.9 Å². The Kier molecular flexibility index (Phi) is 2.58. The molecule has 0 radical (unpaired) electrons. The van der Waals surface area contributed by atoms with Crippen molar-refractivity contribution >= 4 is 11.6 Å². The molecule has 1 heterocycles. The van der Waals surface area contributed by atoms with Gasteiger partial charge in [0.1, 0.15) is 5.76 Å². The number of amides is 1. The third kappa shape index (κ3) is 2.26. The van der Waals surface area contributed by atoms with Gasteiger partial charge in [0.05, 0.1) is 11.8 Å². The number of carbonyl (C=O) groups is 1. The molecule has 0 atom stereocenters. The highest BCUT2D eigenvalue weighted by atomic mass is 16.3. The molecule has 1 aromatic heterocycles. The number of furan rings is 1. The van der Waals surface area contributed by atoms with Crippen LogP contribution >= 0.6 is 0 Å². The number of hydrogen-bond donors (Lipinski definition) is 1. The monoisotopic (exact) mass is 206 g/mol. The zero-order valence-electron chi connectivity index (χ0n) is 8.91. The van der Waals surface area contributed by atoms with Gasteiger partial charge in [-0.15, -0.1) is 0 Å². The highest BCUT2D eigenvalue weighted by Gasteiger charge is 2.24. The van der Waals surface area contributed by atoms with Crippen molar-refractivity contribution < 1.29 is 9.21 Å². The molecule has 0 bridgehead atoms. The van der Waals surface area contributed by atoms with E-state index in [2.05, 4.69) is 10.5 Å². The van der Waals surface area contributed by atoms with Crippen molar-refractivity contribution in [2.75, 3.05) is 0 Å². The zero-order valence-corrected chi connectivity index (χ0v) is 8.91. The molecule has 15 heavy (non-hydrogen) atoms. The van der Waals surface area contributed by atoms with Crippen LogP contribution in [0.25, 0.3) is 0 Å². The minimum atomic E-state index is -0.207. The van der Waals surface area contributed by atoms with Crippen LogP contribution in [0.5, 0.6) is 0 Å². The van der Waals surface area contributed by atoms with Gasteiger partial charge in [0.2, 0.25) is 0 Å². The third-order valence-electron chi connectivity index (χ3n) is 2.61. The third-order valence-corrected chi connectivity index (χ3v) is 2.61. The van der Waals surface area contributed by atoms with Gasteiger partial charge in [0.15, 0.2) is 0 Å². The Morgan fingerprint density at radius 1 is 1.60 bits per heavy atom. The average molecular weight is 206 g/mol. The molecule has 0 aliphatic heterocycles. The molecule has 1 aromatic rings. The van der Waals surface area contributed by atoms with E-state index in [-0.39, 0.29) is 5.91 Å². The molecule has 1 amide bonds. The first-order valence-electron chi connectivity index (χ1n) is 5.07. The van der Waals surface area contributed by atoms with Crippen LogP contribution in [0.15, 0.2) is 21.8 Å². The second kappa shape index (κ2) is 3.88. The molecule has 0 unspecified atom stereocenters. The van der Waals surface area contributed by atoms with E-state index in [1.54, 1.807) is 13.0 Å². The Balaban J connectivity index is 1.98. The number of nitrogens with zero attached hydrogens (tertiary/aromatic N) is 1. The van der Waals surface area contributed by atoms with E-state index in [0.717, 1.165) is 5.71 Å². The predicted octanol–water partition coefficient (Wildman–Crippen LogP) is 2.10. The van der Waals surface area contributed by atoms with Crippen molar-refractivity contribution in [2.24, 2.45) is 11.0 Å². The minimum Gasteiger partial charge on any atom is -0.469 e. The van der Waals surface area contributed by atoms with Gasteiger partial charge in [0.25, 0.3) is 5.91 Å². The van der Waals surface area contributed by atoms with E-state index in [1.807, 2.05) is 6.92 Å². The summed E-state index contributed by atoms with van der Waals surface area (Å²) in [4.78, 5) is 11.6. The number of hydrazone groups is 1. The van der Waals surface area contributed by atoms with Crippen LogP contribution in [-0.2, 0) is 0 Å². The van der Waals surface area contributed by atoms with Crippen LogP contribution < -0.4 is 5.43 Å². The molecule has 1 aliphatic rings. The summed E-state index contributed by atoms with van der Waals surface area (Å²) in [6, 6.07) is 1.65. The van der Waals surface area contributed by atoms with Gasteiger partial charge in [-0.2, -0.15) is 5.10 Å². The van der Waals surface area contributed by atoms with Gasteiger partial charge in [-0.3, -0.25) is 4.79 Å². The Morgan fingerprint density at radius 3 is 2.87 bits per heavy atom. The lowest BCUT2D eigenvalue weighted by molar-refractivity contribution is 0.0953. The van der Waals surface area contributed by atoms with Gasteiger partial charge >= 0.3 is 0 Å². The lowest BCUT2D eigenvalue weighted by atomic mass is 10.2. The van der Waals surface area contributed by atoms with E-state index in [4.69, 9.17) is 4.42 Å². The standard InChI is InChI=1S/C11H14N2O2/c1-7(9-3-4-9)12-13-11(14)10-5-6-15-8(10)2/h5-6,9H,3-4H2,1-2H3,(H,13,14). The lowest BCUT2D eigenvalue weighted by Gasteiger charge is -1.99. The molecule has 0 aromatic carbocycles. The molecular formula is C11H14N2O2. The average Bonchev–Trinajstić information content (AvgIpc) is 2.98. The second-order valence-electron chi connectivity index (χ2n) is 3.86. The first-order valence-corrected chi connectivity index (χ1v) is 5.07. The fraction of sp³-hybridized carbons (Fsp3) is 0.455. The predicted molar refractivity (Wildman–Crippen MR) is 56.7 cm³/mol. The van der Waals surface area contributed by atoms with Crippen molar-refractivity contribution in [1.29, 1.82) is 0 Å². The highest BCUT2D eigenvalue weighted by molar-refractivity contribution is 5.96. The van der Waals surface area contributed by atoms with E-state index in [1.165, 1.54) is 19.1 Å². The number of carbonyl (C=O) groups excluding carboxylic acids is 1. The largest absolute Gasteiger partial charge is 0.469 e. The van der Waals surface area contributed by atoms with Crippen LogP contribution in [0.4, 0.5) is 0 Å². The van der Waals surface area contributed by atoms with E-state index >= 15 is 0 Å². The molecule has 1 saturated carbocycles. The van der Waals surface area contributed by atoms with Gasteiger partial charge in [0, 0.05) is 5.71 Å². The molecule has 4 heteroatoms. The van der Waals surface area contributed by atoms with E-state index in [0.29, 0.717) is 17.2 Å². The number of aryl methyl sites for hydroxylation is 1. The fourth-order valence-corrected chi connectivity index (χ4v) is 1.41. The fourth-order valence-electron chi connectivity index (χ4n) is 1.41. The lowest BCUT2D eigenvalue weighted by Crippen LogP contribution is -2.19. The summed E-state index contributed by atoms with van der Waals surface area (Å²) in [7, 11) is 0. The van der Waals surface area contributed by atoms with Crippen LogP contribution in [-0.4, -0.2) is 11.6 Å². The first-order chi connectivity index (χ1) is 7.18. The summed E-state index contributed by atoms with van der Waals surface area (Å²) in [6.07, 6.45) is 3.88. The summed E-state index contributed by atoms with van der Waals surface area (Å²) < 4.78 is 5.04. The zero-order chi connectivity index (χ0) is 10.8. The summed E-state index contributed by atoms with van der Waals surface area (Å²) in [5, 5.41) is 4.06. The molecular weight excluding hydrogens is 192 g/mol.